The Kier molecular flexibility index (Phi) is 3.66. The number of aromatic nitrogens is 1. The van der Waals surface area contributed by atoms with Crippen LogP contribution in [-0.4, -0.2) is 36.4 Å². The molecule has 0 saturated heterocycles. The Morgan fingerprint density at radius 3 is 2.67 bits per heavy atom. The first kappa shape index (κ1) is 11.5. The summed E-state index contributed by atoms with van der Waals surface area (Å²) in [5.41, 5.74) is 1.52. The van der Waals surface area contributed by atoms with Gasteiger partial charge >= 0.3 is 0 Å². The number of carbonyl (C=O) groups is 1. The van der Waals surface area contributed by atoms with Crippen LogP contribution >= 0.6 is 0 Å². The van der Waals surface area contributed by atoms with E-state index in [4.69, 9.17) is 0 Å². The van der Waals surface area contributed by atoms with Gasteiger partial charge in [0.25, 0.3) is 5.91 Å². The van der Waals surface area contributed by atoms with Gasteiger partial charge < -0.3 is 10.2 Å². The van der Waals surface area contributed by atoms with Crippen LogP contribution in [-0.2, 0) is 0 Å². The summed E-state index contributed by atoms with van der Waals surface area (Å²) in [6, 6.07) is 3.57. The molecule has 15 heavy (non-hydrogen) atoms. The molecule has 0 bridgehead atoms. The first-order valence-corrected chi connectivity index (χ1v) is 4.98. The van der Waals surface area contributed by atoms with Crippen molar-refractivity contribution in [1.29, 1.82) is 0 Å². The summed E-state index contributed by atoms with van der Waals surface area (Å²) in [5, 5.41) is 3.10. The highest BCUT2D eigenvalue weighted by atomic mass is 16.2. The summed E-state index contributed by atoms with van der Waals surface area (Å²) in [6.07, 6.45) is 0. The van der Waals surface area contributed by atoms with Crippen LogP contribution in [0.1, 0.15) is 23.0 Å². The highest BCUT2D eigenvalue weighted by molar-refractivity contribution is 5.94. The number of aryl methyl sites for hydroxylation is 1. The van der Waals surface area contributed by atoms with E-state index in [0.717, 1.165) is 18.1 Å². The molecule has 1 aromatic heterocycles. The van der Waals surface area contributed by atoms with Crippen molar-refractivity contribution >= 4 is 11.7 Å². The molecule has 0 radical (unpaired) electrons. The number of amides is 1. The Bertz CT molecular complexity index is 361. The lowest BCUT2D eigenvalue weighted by Gasteiger charge is -2.12. The maximum Gasteiger partial charge on any atom is 0.253 e. The summed E-state index contributed by atoms with van der Waals surface area (Å²) in [7, 11) is 3.48. The minimum absolute atomic E-state index is 0.000321. The van der Waals surface area contributed by atoms with Crippen LogP contribution in [0.2, 0.25) is 0 Å². The van der Waals surface area contributed by atoms with Gasteiger partial charge in [0.2, 0.25) is 0 Å². The first-order valence-electron chi connectivity index (χ1n) is 4.98. The maximum atomic E-state index is 11.7. The number of pyridine rings is 1. The third kappa shape index (κ3) is 2.94. The van der Waals surface area contributed by atoms with Gasteiger partial charge in [0.05, 0.1) is 0 Å². The Labute approximate surface area is 90.3 Å². The van der Waals surface area contributed by atoms with Crippen LogP contribution in [0.5, 0.6) is 0 Å². The molecule has 0 spiro atoms. The second-order valence-corrected chi connectivity index (χ2v) is 3.61. The third-order valence-electron chi connectivity index (χ3n) is 1.96. The van der Waals surface area contributed by atoms with Crippen LogP contribution in [0.15, 0.2) is 12.1 Å². The van der Waals surface area contributed by atoms with Crippen LogP contribution < -0.4 is 5.32 Å². The van der Waals surface area contributed by atoms with E-state index in [1.807, 2.05) is 13.8 Å². The second-order valence-electron chi connectivity index (χ2n) is 3.61. The Morgan fingerprint density at radius 1 is 1.47 bits per heavy atom. The van der Waals surface area contributed by atoms with Gasteiger partial charge in [-0.05, 0) is 26.0 Å². The smallest absolute Gasteiger partial charge is 0.253 e. The largest absolute Gasteiger partial charge is 0.370 e. The van der Waals surface area contributed by atoms with Crippen LogP contribution in [0, 0.1) is 6.92 Å². The number of nitrogens with zero attached hydrogens (tertiary/aromatic N) is 2. The highest BCUT2D eigenvalue weighted by Crippen LogP contribution is 2.11. The van der Waals surface area contributed by atoms with E-state index < -0.39 is 0 Å². The molecule has 1 rings (SSSR count). The molecule has 0 aliphatic carbocycles. The molecule has 0 fully saturated rings. The number of hydrogen-bond donors (Lipinski definition) is 1. The van der Waals surface area contributed by atoms with Crippen molar-refractivity contribution in [2.75, 3.05) is 26.0 Å². The predicted octanol–water partition coefficient (Wildman–Crippen LogP) is 1.52. The molecule has 82 valence electrons. The van der Waals surface area contributed by atoms with Crippen LogP contribution in [0.4, 0.5) is 5.82 Å². The van der Waals surface area contributed by atoms with Gasteiger partial charge in [0.15, 0.2) is 0 Å². The molecule has 0 aromatic carbocycles. The van der Waals surface area contributed by atoms with Gasteiger partial charge in [-0.2, -0.15) is 0 Å². The number of rotatable bonds is 3. The predicted molar refractivity (Wildman–Crippen MR) is 61.2 cm³/mol. The molecule has 1 amide bonds. The molecule has 1 heterocycles. The molecule has 0 saturated carbocycles. The molecule has 1 aromatic rings. The molecule has 0 aliphatic rings. The lowest BCUT2D eigenvalue weighted by molar-refractivity contribution is 0.0827. The van der Waals surface area contributed by atoms with E-state index in [-0.39, 0.29) is 5.91 Å². The fourth-order valence-corrected chi connectivity index (χ4v) is 1.32. The van der Waals surface area contributed by atoms with Crippen molar-refractivity contribution in [3.63, 3.8) is 0 Å². The van der Waals surface area contributed by atoms with E-state index in [9.17, 15) is 4.79 Å². The maximum absolute atomic E-state index is 11.7. The Balaban J connectivity index is 3.03. The molecule has 0 unspecified atom stereocenters. The van der Waals surface area contributed by atoms with E-state index in [0.29, 0.717) is 5.56 Å². The fourth-order valence-electron chi connectivity index (χ4n) is 1.32. The van der Waals surface area contributed by atoms with Crippen molar-refractivity contribution in [2.45, 2.75) is 13.8 Å². The summed E-state index contributed by atoms with van der Waals surface area (Å²) in [5.74, 6) is 0.752. The normalized spacial score (nSPS) is 9.87. The lowest BCUT2D eigenvalue weighted by atomic mass is 10.2. The van der Waals surface area contributed by atoms with Gasteiger partial charge in [0.1, 0.15) is 5.82 Å². The molecule has 4 heteroatoms. The van der Waals surface area contributed by atoms with E-state index in [1.54, 1.807) is 31.1 Å². The van der Waals surface area contributed by atoms with E-state index in [2.05, 4.69) is 10.3 Å². The minimum Gasteiger partial charge on any atom is -0.370 e. The Morgan fingerprint density at radius 2 is 2.13 bits per heavy atom. The molecule has 0 aliphatic heterocycles. The SMILES string of the molecule is CCNc1cc(C(=O)N(C)C)cc(C)n1. The second kappa shape index (κ2) is 4.77. The van der Waals surface area contributed by atoms with E-state index in [1.165, 1.54) is 0 Å². The van der Waals surface area contributed by atoms with Crippen molar-refractivity contribution in [2.24, 2.45) is 0 Å². The zero-order chi connectivity index (χ0) is 11.4. The van der Waals surface area contributed by atoms with Gasteiger partial charge in [-0.3, -0.25) is 4.79 Å². The topological polar surface area (TPSA) is 45.2 Å². The Hall–Kier alpha value is -1.58. The third-order valence-corrected chi connectivity index (χ3v) is 1.96. The quantitative estimate of drug-likeness (QED) is 0.817. The van der Waals surface area contributed by atoms with Gasteiger partial charge in [-0.25, -0.2) is 4.98 Å². The number of carbonyl (C=O) groups excluding carboxylic acids is 1. The zero-order valence-corrected chi connectivity index (χ0v) is 9.66. The van der Waals surface area contributed by atoms with Crippen molar-refractivity contribution in [3.8, 4) is 0 Å². The number of hydrogen-bond acceptors (Lipinski definition) is 3. The monoisotopic (exact) mass is 207 g/mol. The zero-order valence-electron chi connectivity index (χ0n) is 9.66. The van der Waals surface area contributed by atoms with Crippen molar-refractivity contribution < 1.29 is 4.79 Å². The summed E-state index contributed by atoms with van der Waals surface area (Å²) in [4.78, 5) is 17.6. The summed E-state index contributed by atoms with van der Waals surface area (Å²) < 4.78 is 0. The molecular weight excluding hydrogens is 190 g/mol. The number of nitrogens with one attached hydrogen (secondary N) is 1. The van der Waals surface area contributed by atoms with Crippen LogP contribution in [0.3, 0.4) is 0 Å². The van der Waals surface area contributed by atoms with Gasteiger partial charge in [-0.1, -0.05) is 0 Å². The van der Waals surface area contributed by atoms with Crippen LogP contribution in [0.25, 0.3) is 0 Å². The standard InChI is InChI=1S/C11H17N3O/c1-5-12-10-7-9(6-8(2)13-10)11(15)14(3)4/h6-7H,5H2,1-4H3,(H,12,13). The first-order chi connectivity index (χ1) is 7.04. The fraction of sp³-hybridized carbons (Fsp3) is 0.455. The van der Waals surface area contributed by atoms with Gasteiger partial charge in [-0.15, -0.1) is 0 Å². The molecule has 4 nitrogen and oxygen atoms in total. The molecule has 0 atom stereocenters. The molecule has 1 N–H and O–H groups in total. The van der Waals surface area contributed by atoms with Gasteiger partial charge in [0, 0.05) is 31.9 Å². The van der Waals surface area contributed by atoms with Crippen molar-refractivity contribution in [1.82, 2.24) is 9.88 Å². The summed E-state index contributed by atoms with van der Waals surface area (Å²) in [6.45, 7) is 4.68. The average Bonchev–Trinajstić information content (AvgIpc) is 2.16. The lowest BCUT2D eigenvalue weighted by Crippen LogP contribution is -2.22. The average molecular weight is 207 g/mol. The molecular formula is C11H17N3O. The number of anilines is 1. The van der Waals surface area contributed by atoms with Crippen molar-refractivity contribution in [3.05, 3.63) is 23.4 Å². The summed E-state index contributed by atoms with van der Waals surface area (Å²) >= 11 is 0. The highest BCUT2D eigenvalue weighted by Gasteiger charge is 2.09. The minimum atomic E-state index is -0.000321. The van der Waals surface area contributed by atoms with E-state index >= 15 is 0 Å².